The van der Waals surface area contributed by atoms with Gasteiger partial charge in [0, 0.05) is 25.7 Å². The van der Waals surface area contributed by atoms with E-state index < -0.39 is 6.04 Å². The monoisotopic (exact) mass is 293 g/mol. The SMILES string of the molecule is CC1CN(C(=O)[C@@H](N)Cc2ccc(O)c(O)c2)CCN1C. The molecule has 0 spiro atoms. The first-order valence-electron chi connectivity index (χ1n) is 7.14. The highest BCUT2D eigenvalue weighted by Crippen LogP contribution is 2.25. The molecule has 0 aliphatic carbocycles. The zero-order valence-electron chi connectivity index (χ0n) is 12.5. The lowest BCUT2D eigenvalue weighted by atomic mass is 10.0. The largest absolute Gasteiger partial charge is 0.504 e. The van der Waals surface area contributed by atoms with Crippen molar-refractivity contribution in [2.45, 2.75) is 25.4 Å². The first-order valence-corrected chi connectivity index (χ1v) is 7.14. The summed E-state index contributed by atoms with van der Waals surface area (Å²) in [4.78, 5) is 16.4. The van der Waals surface area contributed by atoms with E-state index in [0.29, 0.717) is 25.6 Å². The maximum Gasteiger partial charge on any atom is 0.239 e. The van der Waals surface area contributed by atoms with E-state index in [1.165, 1.54) is 12.1 Å². The van der Waals surface area contributed by atoms with Gasteiger partial charge in [0.1, 0.15) is 0 Å². The Bertz CT molecular complexity index is 521. The van der Waals surface area contributed by atoms with Gasteiger partial charge in [0.15, 0.2) is 11.5 Å². The minimum atomic E-state index is -0.635. The van der Waals surface area contributed by atoms with Gasteiger partial charge in [0.2, 0.25) is 5.91 Å². The number of likely N-dealkylation sites (N-methyl/N-ethyl adjacent to an activating group) is 1. The van der Waals surface area contributed by atoms with Gasteiger partial charge >= 0.3 is 0 Å². The molecule has 2 atom stereocenters. The number of rotatable bonds is 3. The van der Waals surface area contributed by atoms with Gasteiger partial charge in [-0.3, -0.25) is 4.79 Å². The molecule has 1 aromatic rings. The van der Waals surface area contributed by atoms with Gasteiger partial charge in [0.05, 0.1) is 6.04 Å². The molecule has 116 valence electrons. The topological polar surface area (TPSA) is 90.0 Å². The molecule has 6 heteroatoms. The van der Waals surface area contributed by atoms with Gasteiger partial charge in [-0.15, -0.1) is 0 Å². The standard InChI is InChI=1S/C15H23N3O3/c1-10-9-18(6-5-17(10)2)15(21)12(16)7-11-3-4-13(19)14(20)8-11/h3-4,8,10,12,19-20H,5-7,9,16H2,1-2H3/t10?,12-/m0/s1. The number of carbonyl (C=O) groups excluding carboxylic acids is 1. The van der Waals surface area contributed by atoms with Crippen LogP contribution >= 0.6 is 0 Å². The summed E-state index contributed by atoms with van der Waals surface area (Å²) < 4.78 is 0. The molecule has 2 rings (SSSR count). The Morgan fingerprint density at radius 3 is 2.71 bits per heavy atom. The van der Waals surface area contributed by atoms with Crippen molar-refractivity contribution < 1.29 is 15.0 Å². The highest BCUT2D eigenvalue weighted by molar-refractivity contribution is 5.82. The summed E-state index contributed by atoms with van der Waals surface area (Å²) in [7, 11) is 2.05. The molecular formula is C15H23N3O3. The van der Waals surface area contributed by atoms with Crippen LogP contribution < -0.4 is 5.73 Å². The normalized spacial score (nSPS) is 21.3. The molecule has 0 saturated carbocycles. The van der Waals surface area contributed by atoms with E-state index in [0.717, 1.165) is 12.1 Å². The van der Waals surface area contributed by atoms with Gasteiger partial charge in [0.25, 0.3) is 0 Å². The second kappa shape index (κ2) is 6.32. The molecule has 0 aromatic heterocycles. The number of amides is 1. The summed E-state index contributed by atoms with van der Waals surface area (Å²) in [6, 6.07) is 4.20. The van der Waals surface area contributed by atoms with E-state index >= 15 is 0 Å². The van der Waals surface area contributed by atoms with Crippen LogP contribution in [-0.2, 0) is 11.2 Å². The highest BCUT2D eigenvalue weighted by Gasteiger charge is 2.27. The van der Waals surface area contributed by atoms with E-state index in [1.807, 2.05) is 7.05 Å². The smallest absolute Gasteiger partial charge is 0.239 e. The van der Waals surface area contributed by atoms with Crippen molar-refractivity contribution in [3.63, 3.8) is 0 Å². The summed E-state index contributed by atoms with van der Waals surface area (Å²) >= 11 is 0. The molecule has 0 radical (unpaired) electrons. The Labute approximate surface area is 124 Å². The fourth-order valence-corrected chi connectivity index (χ4v) is 2.52. The van der Waals surface area contributed by atoms with Crippen molar-refractivity contribution in [1.82, 2.24) is 9.80 Å². The maximum atomic E-state index is 12.4. The number of carbonyl (C=O) groups is 1. The number of nitrogens with two attached hydrogens (primary N) is 1. The van der Waals surface area contributed by atoms with E-state index in [1.54, 1.807) is 11.0 Å². The van der Waals surface area contributed by atoms with Gasteiger partial charge in [-0.05, 0) is 38.1 Å². The lowest BCUT2D eigenvalue weighted by molar-refractivity contribution is -0.135. The van der Waals surface area contributed by atoms with Gasteiger partial charge in [-0.2, -0.15) is 0 Å². The summed E-state index contributed by atoms with van der Waals surface area (Å²) in [6.45, 7) is 4.31. The molecule has 1 heterocycles. The summed E-state index contributed by atoms with van der Waals surface area (Å²) in [5, 5.41) is 18.8. The number of hydrogen-bond donors (Lipinski definition) is 3. The average molecular weight is 293 g/mol. The minimum Gasteiger partial charge on any atom is -0.504 e. The van der Waals surface area contributed by atoms with Crippen LogP contribution in [0.3, 0.4) is 0 Å². The maximum absolute atomic E-state index is 12.4. The van der Waals surface area contributed by atoms with Crippen molar-refractivity contribution in [3.05, 3.63) is 23.8 Å². The zero-order chi connectivity index (χ0) is 15.6. The van der Waals surface area contributed by atoms with Crippen LogP contribution in [0.2, 0.25) is 0 Å². The van der Waals surface area contributed by atoms with Crippen molar-refractivity contribution in [1.29, 1.82) is 0 Å². The predicted molar refractivity (Wildman–Crippen MR) is 80.1 cm³/mol. The summed E-state index contributed by atoms with van der Waals surface area (Å²) in [5.41, 5.74) is 6.73. The van der Waals surface area contributed by atoms with Crippen LogP contribution in [0.4, 0.5) is 0 Å². The van der Waals surface area contributed by atoms with E-state index in [9.17, 15) is 15.0 Å². The molecule has 1 amide bonds. The van der Waals surface area contributed by atoms with Crippen LogP contribution in [-0.4, -0.2) is 64.7 Å². The van der Waals surface area contributed by atoms with Crippen molar-refractivity contribution in [2.75, 3.05) is 26.7 Å². The molecule has 21 heavy (non-hydrogen) atoms. The lowest BCUT2D eigenvalue weighted by Gasteiger charge is -2.38. The van der Waals surface area contributed by atoms with Crippen LogP contribution in [0.15, 0.2) is 18.2 Å². The van der Waals surface area contributed by atoms with Crippen LogP contribution in [0, 0.1) is 0 Å². The van der Waals surface area contributed by atoms with Gasteiger partial charge < -0.3 is 25.7 Å². The number of hydrogen-bond acceptors (Lipinski definition) is 5. The Morgan fingerprint density at radius 2 is 2.10 bits per heavy atom. The van der Waals surface area contributed by atoms with Crippen molar-refractivity contribution in [3.8, 4) is 11.5 Å². The quantitative estimate of drug-likeness (QED) is 0.689. The molecule has 6 nitrogen and oxygen atoms in total. The number of phenols is 2. The Hall–Kier alpha value is -1.79. The van der Waals surface area contributed by atoms with Crippen molar-refractivity contribution >= 4 is 5.91 Å². The Morgan fingerprint density at radius 1 is 1.38 bits per heavy atom. The third-order valence-corrected chi connectivity index (χ3v) is 4.08. The zero-order valence-corrected chi connectivity index (χ0v) is 12.5. The fraction of sp³-hybridized carbons (Fsp3) is 0.533. The Kier molecular flexibility index (Phi) is 4.69. The molecule has 0 bridgehead atoms. The molecule has 1 fully saturated rings. The molecular weight excluding hydrogens is 270 g/mol. The third-order valence-electron chi connectivity index (χ3n) is 4.08. The fourth-order valence-electron chi connectivity index (χ4n) is 2.52. The first-order chi connectivity index (χ1) is 9.88. The molecule has 1 aliphatic heterocycles. The van der Waals surface area contributed by atoms with Gasteiger partial charge in [-0.1, -0.05) is 6.07 Å². The second-order valence-corrected chi connectivity index (χ2v) is 5.75. The molecule has 4 N–H and O–H groups in total. The highest BCUT2D eigenvalue weighted by atomic mass is 16.3. The van der Waals surface area contributed by atoms with Crippen LogP contribution in [0.25, 0.3) is 0 Å². The van der Waals surface area contributed by atoms with Gasteiger partial charge in [-0.25, -0.2) is 0 Å². The second-order valence-electron chi connectivity index (χ2n) is 5.75. The summed E-state index contributed by atoms with van der Waals surface area (Å²) in [5.74, 6) is -0.436. The predicted octanol–water partition coefficient (Wildman–Crippen LogP) is 0.130. The third kappa shape index (κ3) is 3.65. The number of piperazine rings is 1. The summed E-state index contributed by atoms with van der Waals surface area (Å²) in [6.07, 6.45) is 0.341. The number of phenolic OH excluding ortho intramolecular Hbond substituents is 2. The molecule has 1 saturated heterocycles. The molecule has 1 aliphatic rings. The lowest BCUT2D eigenvalue weighted by Crippen LogP contribution is -2.56. The number of nitrogens with zero attached hydrogens (tertiary/aromatic N) is 2. The van der Waals surface area contributed by atoms with E-state index in [-0.39, 0.29) is 17.4 Å². The molecule has 1 unspecified atom stereocenters. The van der Waals surface area contributed by atoms with Crippen molar-refractivity contribution in [2.24, 2.45) is 5.73 Å². The molecule has 1 aromatic carbocycles. The first kappa shape index (κ1) is 15.6. The number of aromatic hydroxyl groups is 2. The minimum absolute atomic E-state index is 0.0671. The van der Waals surface area contributed by atoms with E-state index in [4.69, 9.17) is 5.73 Å². The van der Waals surface area contributed by atoms with E-state index in [2.05, 4.69) is 11.8 Å². The van der Waals surface area contributed by atoms with Crippen LogP contribution in [0.5, 0.6) is 11.5 Å². The Balaban J connectivity index is 1.97. The van der Waals surface area contributed by atoms with Crippen LogP contribution in [0.1, 0.15) is 12.5 Å². The number of benzene rings is 1. The average Bonchev–Trinajstić information content (AvgIpc) is 2.45.